The second kappa shape index (κ2) is 4.57. The minimum absolute atomic E-state index is 0.482. The lowest BCUT2D eigenvalue weighted by molar-refractivity contribution is 0.0904. The highest BCUT2D eigenvalue weighted by Crippen LogP contribution is 2.13. The molecule has 1 aliphatic rings. The van der Waals surface area contributed by atoms with Crippen LogP contribution in [-0.4, -0.2) is 29.2 Å². The summed E-state index contributed by atoms with van der Waals surface area (Å²) >= 11 is 0. The van der Waals surface area contributed by atoms with Crippen molar-refractivity contribution in [3.63, 3.8) is 0 Å². The van der Waals surface area contributed by atoms with Crippen LogP contribution in [-0.2, 0) is 4.74 Å². The number of hydrogen-bond acceptors (Lipinski definition) is 4. The number of rotatable bonds is 2. The van der Waals surface area contributed by atoms with Crippen LogP contribution in [0.4, 0.5) is 5.82 Å². The van der Waals surface area contributed by atoms with Gasteiger partial charge in [0.1, 0.15) is 5.82 Å². The normalized spacial score (nSPS) is 17.7. The third kappa shape index (κ3) is 2.65. The van der Waals surface area contributed by atoms with Crippen molar-refractivity contribution >= 4 is 5.82 Å². The quantitative estimate of drug-likeness (QED) is 0.801. The van der Waals surface area contributed by atoms with Crippen molar-refractivity contribution in [1.29, 1.82) is 0 Å². The smallest absolute Gasteiger partial charge is 0.145 e. The maximum absolute atomic E-state index is 5.30. The molecule has 1 aliphatic heterocycles. The summed E-state index contributed by atoms with van der Waals surface area (Å²) in [6.07, 6.45) is 3.90. The van der Waals surface area contributed by atoms with Crippen LogP contribution in [0.15, 0.2) is 6.20 Å². The molecule has 0 radical (unpaired) electrons. The summed E-state index contributed by atoms with van der Waals surface area (Å²) < 4.78 is 5.30. The molecule has 82 valence electrons. The van der Waals surface area contributed by atoms with Gasteiger partial charge in [-0.05, 0) is 26.7 Å². The molecule has 1 aromatic heterocycles. The highest BCUT2D eigenvalue weighted by molar-refractivity contribution is 5.34. The van der Waals surface area contributed by atoms with Gasteiger partial charge >= 0.3 is 0 Å². The van der Waals surface area contributed by atoms with Crippen LogP contribution in [0.2, 0.25) is 0 Å². The molecular weight excluding hydrogens is 190 g/mol. The zero-order valence-electron chi connectivity index (χ0n) is 9.29. The summed E-state index contributed by atoms with van der Waals surface area (Å²) in [5, 5.41) is 3.40. The van der Waals surface area contributed by atoms with Gasteiger partial charge in [0.2, 0.25) is 0 Å². The average Bonchev–Trinajstić information content (AvgIpc) is 2.25. The Morgan fingerprint density at radius 3 is 2.67 bits per heavy atom. The van der Waals surface area contributed by atoms with E-state index in [9.17, 15) is 0 Å². The highest BCUT2D eigenvalue weighted by atomic mass is 16.5. The van der Waals surface area contributed by atoms with Crippen molar-refractivity contribution in [2.24, 2.45) is 0 Å². The van der Waals surface area contributed by atoms with Gasteiger partial charge in [0.05, 0.1) is 17.6 Å². The molecule has 0 amide bonds. The molecule has 0 unspecified atom stereocenters. The molecular formula is C11H17N3O. The van der Waals surface area contributed by atoms with Gasteiger partial charge in [-0.3, -0.25) is 4.98 Å². The van der Waals surface area contributed by atoms with Crippen LogP contribution >= 0.6 is 0 Å². The summed E-state index contributed by atoms with van der Waals surface area (Å²) in [4.78, 5) is 8.74. The highest BCUT2D eigenvalue weighted by Gasteiger charge is 2.13. The van der Waals surface area contributed by atoms with E-state index in [0.29, 0.717) is 6.04 Å². The number of aryl methyl sites for hydroxylation is 2. The van der Waals surface area contributed by atoms with Gasteiger partial charge in [0.25, 0.3) is 0 Å². The Labute approximate surface area is 90.1 Å². The molecule has 0 spiro atoms. The van der Waals surface area contributed by atoms with E-state index in [-0.39, 0.29) is 0 Å². The number of hydrogen-bond donors (Lipinski definition) is 1. The molecule has 1 saturated heterocycles. The maximum atomic E-state index is 5.30. The van der Waals surface area contributed by atoms with Crippen LogP contribution < -0.4 is 5.32 Å². The number of ether oxygens (including phenoxy) is 1. The van der Waals surface area contributed by atoms with Gasteiger partial charge in [-0.2, -0.15) is 0 Å². The average molecular weight is 207 g/mol. The molecule has 0 aromatic carbocycles. The van der Waals surface area contributed by atoms with Crippen LogP contribution in [0.25, 0.3) is 0 Å². The van der Waals surface area contributed by atoms with Crippen LogP contribution in [0.5, 0.6) is 0 Å². The lowest BCUT2D eigenvalue weighted by atomic mass is 10.1. The standard InChI is InChI=1S/C11H17N3O/c1-8-9(2)13-11(7-12-8)14-10-3-5-15-6-4-10/h7,10H,3-6H2,1-2H3,(H,13,14). The predicted molar refractivity (Wildman–Crippen MR) is 59.0 cm³/mol. The molecule has 2 heterocycles. The van der Waals surface area contributed by atoms with Crippen molar-refractivity contribution in [1.82, 2.24) is 9.97 Å². The minimum atomic E-state index is 0.482. The summed E-state index contributed by atoms with van der Waals surface area (Å²) in [7, 11) is 0. The van der Waals surface area contributed by atoms with E-state index in [1.807, 2.05) is 13.8 Å². The Morgan fingerprint density at radius 1 is 1.27 bits per heavy atom. The lowest BCUT2D eigenvalue weighted by Crippen LogP contribution is -2.28. The van der Waals surface area contributed by atoms with Crippen molar-refractivity contribution in [2.45, 2.75) is 32.7 Å². The van der Waals surface area contributed by atoms with Crippen LogP contribution in [0, 0.1) is 13.8 Å². The zero-order chi connectivity index (χ0) is 10.7. The first-order valence-corrected chi connectivity index (χ1v) is 5.40. The fourth-order valence-corrected chi connectivity index (χ4v) is 1.66. The number of nitrogens with zero attached hydrogens (tertiary/aromatic N) is 2. The Hall–Kier alpha value is -1.16. The number of nitrogens with one attached hydrogen (secondary N) is 1. The second-order valence-electron chi connectivity index (χ2n) is 3.96. The molecule has 2 rings (SSSR count). The molecule has 1 aromatic rings. The fraction of sp³-hybridized carbons (Fsp3) is 0.636. The molecule has 0 saturated carbocycles. The minimum Gasteiger partial charge on any atom is -0.381 e. The van der Waals surface area contributed by atoms with E-state index in [1.54, 1.807) is 6.20 Å². The molecule has 4 heteroatoms. The number of anilines is 1. The predicted octanol–water partition coefficient (Wildman–Crippen LogP) is 1.68. The first-order valence-electron chi connectivity index (χ1n) is 5.40. The van der Waals surface area contributed by atoms with Gasteiger partial charge in [-0.15, -0.1) is 0 Å². The largest absolute Gasteiger partial charge is 0.381 e. The molecule has 4 nitrogen and oxygen atoms in total. The molecule has 1 fully saturated rings. The van der Waals surface area contributed by atoms with E-state index in [1.165, 1.54) is 0 Å². The molecule has 0 atom stereocenters. The van der Waals surface area contributed by atoms with E-state index >= 15 is 0 Å². The lowest BCUT2D eigenvalue weighted by Gasteiger charge is -2.23. The van der Waals surface area contributed by atoms with Crippen molar-refractivity contribution in [3.05, 3.63) is 17.6 Å². The molecule has 0 bridgehead atoms. The van der Waals surface area contributed by atoms with Gasteiger partial charge in [0.15, 0.2) is 0 Å². The Bertz CT molecular complexity index is 335. The van der Waals surface area contributed by atoms with E-state index in [0.717, 1.165) is 43.3 Å². The Morgan fingerprint density at radius 2 is 2.00 bits per heavy atom. The van der Waals surface area contributed by atoms with E-state index < -0.39 is 0 Å². The Kier molecular flexibility index (Phi) is 3.16. The monoisotopic (exact) mass is 207 g/mol. The summed E-state index contributed by atoms with van der Waals surface area (Å²) in [5.74, 6) is 0.880. The molecule has 15 heavy (non-hydrogen) atoms. The molecule has 1 N–H and O–H groups in total. The third-order valence-corrected chi connectivity index (χ3v) is 2.77. The zero-order valence-corrected chi connectivity index (χ0v) is 9.29. The Balaban J connectivity index is 2.00. The maximum Gasteiger partial charge on any atom is 0.145 e. The molecule has 0 aliphatic carbocycles. The third-order valence-electron chi connectivity index (χ3n) is 2.77. The van der Waals surface area contributed by atoms with Gasteiger partial charge in [-0.1, -0.05) is 0 Å². The van der Waals surface area contributed by atoms with Gasteiger partial charge in [-0.25, -0.2) is 4.98 Å². The van der Waals surface area contributed by atoms with Crippen LogP contribution in [0.1, 0.15) is 24.2 Å². The summed E-state index contributed by atoms with van der Waals surface area (Å²) in [5.41, 5.74) is 1.99. The van der Waals surface area contributed by atoms with Crippen LogP contribution in [0.3, 0.4) is 0 Å². The van der Waals surface area contributed by atoms with Crippen molar-refractivity contribution in [3.8, 4) is 0 Å². The first kappa shape index (κ1) is 10.4. The van der Waals surface area contributed by atoms with Gasteiger partial charge in [0, 0.05) is 19.3 Å². The first-order chi connectivity index (χ1) is 7.25. The number of aromatic nitrogens is 2. The van der Waals surface area contributed by atoms with Gasteiger partial charge < -0.3 is 10.1 Å². The topological polar surface area (TPSA) is 47.0 Å². The van der Waals surface area contributed by atoms with E-state index in [2.05, 4.69) is 15.3 Å². The fourth-order valence-electron chi connectivity index (χ4n) is 1.66. The second-order valence-corrected chi connectivity index (χ2v) is 3.96. The summed E-state index contributed by atoms with van der Waals surface area (Å²) in [6.45, 7) is 5.64. The van der Waals surface area contributed by atoms with Crippen molar-refractivity contribution in [2.75, 3.05) is 18.5 Å². The van der Waals surface area contributed by atoms with Crippen molar-refractivity contribution < 1.29 is 4.74 Å². The summed E-state index contributed by atoms with van der Waals surface area (Å²) in [6, 6.07) is 0.482. The SMILES string of the molecule is Cc1ncc(NC2CCOCC2)nc1C. The van der Waals surface area contributed by atoms with E-state index in [4.69, 9.17) is 4.74 Å².